The fourth-order valence-corrected chi connectivity index (χ4v) is 3.42. The summed E-state index contributed by atoms with van der Waals surface area (Å²) in [6.07, 6.45) is 2.05. The van der Waals surface area contributed by atoms with Gasteiger partial charge in [0.1, 0.15) is 4.88 Å². The van der Waals surface area contributed by atoms with Crippen LogP contribution < -0.4 is 0 Å². The summed E-state index contributed by atoms with van der Waals surface area (Å²) < 4.78 is 0. The molecule has 2 aromatic rings. The van der Waals surface area contributed by atoms with Gasteiger partial charge < -0.3 is 4.90 Å². The highest BCUT2D eigenvalue weighted by molar-refractivity contribution is 7.98. The third-order valence-corrected chi connectivity index (χ3v) is 4.78. The van der Waals surface area contributed by atoms with Crippen molar-refractivity contribution in [3.63, 3.8) is 0 Å². The molecule has 106 valence electrons. The van der Waals surface area contributed by atoms with Crippen LogP contribution in [0.4, 0.5) is 0 Å². The number of hydrogen-bond acceptors (Lipinski definition) is 4. The molecule has 0 aliphatic heterocycles. The van der Waals surface area contributed by atoms with Crippen molar-refractivity contribution in [2.75, 3.05) is 13.3 Å². The van der Waals surface area contributed by atoms with E-state index in [1.807, 2.05) is 33.0 Å². The van der Waals surface area contributed by atoms with E-state index in [9.17, 15) is 4.79 Å². The van der Waals surface area contributed by atoms with Crippen molar-refractivity contribution < 1.29 is 4.79 Å². The Bertz CT molecular complexity index is 622. The number of carbonyl (C=O) groups excluding carboxylic acids is 1. The second-order valence-electron chi connectivity index (χ2n) is 4.66. The van der Waals surface area contributed by atoms with E-state index in [0.717, 1.165) is 21.1 Å². The molecule has 1 heterocycles. The maximum Gasteiger partial charge on any atom is 0.265 e. The number of aryl methyl sites for hydroxylation is 2. The monoisotopic (exact) mass is 306 g/mol. The van der Waals surface area contributed by atoms with Gasteiger partial charge in [0.05, 0.1) is 10.7 Å². The van der Waals surface area contributed by atoms with Crippen LogP contribution in [0.1, 0.15) is 25.9 Å². The highest BCUT2D eigenvalue weighted by Gasteiger charge is 2.18. The first-order valence-corrected chi connectivity index (χ1v) is 8.38. The molecule has 2 rings (SSSR count). The molecule has 0 saturated carbocycles. The van der Waals surface area contributed by atoms with Crippen molar-refractivity contribution in [2.45, 2.75) is 25.3 Å². The van der Waals surface area contributed by atoms with Crippen molar-refractivity contribution in [3.8, 4) is 0 Å². The molecular weight excluding hydrogens is 288 g/mol. The largest absolute Gasteiger partial charge is 0.337 e. The van der Waals surface area contributed by atoms with Gasteiger partial charge in [-0.15, -0.1) is 23.1 Å². The quantitative estimate of drug-likeness (QED) is 0.807. The van der Waals surface area contributed by atoms with Gasteiger partial charge in [0.2, 0.25) is 0 Å². The number of amides is 1. The highest BCUT2D eigenvalue weighted by Crippen LogP contribution is 2.21. The average molecular weight is 306 g/mol. The zero-order valence-electron chi connectivity index (χ0n) is 12.1. The van der Waals surface area contributed by atoms with E-state index in [0.29, 0.717) is 6.54 Å². The van der Waals surface area contributed by atoms with Crippen LogP contribution >= 0.6 is 23.1 Å². The molecule has 1 amide bonds. The second-order valence-corrected chi connectivity index (χ2v) is 6.74. The third-order valence-electron chi connectivity index (χ3n) is 3.00. The van der Waals surface area contributed by atoms with Gasteiger partial charge in [0, 0.05) is 18.5 Å². The summed E-state index contributed by atoms with van der Waals surface area (Å²) >= 11 is 3.17. The van der Waals surface area contributed by atoms with Crippen molar-refractivity contribution >= 4 is 29.0 Å². The first kappa shape index (κ1) is 15.1. The molecule has 20 heavy (non-hydrogen) atoms. The summed E-state index contributed by atoms with van der Waals surface area (Å²) in [5.41, 5.74) is 1.97. The lowest BCUT2D eigenvalue weighted by Gasteiger charge is -2.17. The zero-order valence-corrected chi connectivity index (χ0v) is 13.8. The first-order valence-electron chi connectivity index (χ1n) is 6.33. The smallest absolute Gasteiger partial charge is 0.265 e. The number of aromatic nitrogens is 1. The summed E-state index contributed by atoms with van der Waals surface area (Å²) in [4.78, 5) is 20.5. The number of thioether (sulfide) groups is 1. The first-order chi connectivity index (χ1) is 9.51. The molecular formula is C15H18N2OS2. The maximum absolute atomic E-state index is 12.4. The number of benzene rings is 1. The molecule has 0 atom stereocenters. The summed E-state index contributed by atoms with van der Waals surface area (Å²) in [6.45, 7) is 4.43. The Labute approximate surface area is 128 Å². The van der Waals surface area contributed by atoms with Gasteiger partial charge in [0.15, 0.2) is 0 Å². The van der Waals surface area contributed by atoms with E-state index in [2.05, 4.69) is 23.4 Å². The molecule has 5 heteroatoms. The van der Waals surface area contributed by atoms with Crippen LogP contribution in [0.15, 0.2) is 29.2 Å². The van der Waals surface area contributed by atoms with E-state index in [1.54, 1.807) is 16.7 Å². The highest BCUT2D eigenvalue weighted by atomic mass is 32.2. The van der Waals surface area contributed by atoms with Crippen molar-refractivity contribution in [3.05, 3.63) is 45.4 Å². The molecule has 0 unspecified atom stereocenters. The van der Waals surface area contributed by atoms with Gasteiger partial charge in [-0.2, -0.15) is 0 Å². The Morgan fingerprint density at radius 1 is 1.40 bits per heavy atom. The number of rotatable bonds is 4. The molecule has 0 spiro atoms. The van der Waals surface area contributed by atoms with Crippen molar-refractivity contribution in [2.24, 2.45) is 0 Å². The van der Waals surface area contributed by atoms with E-state index in [-0.39, 0.29) is 5.91 Å². The van der Waals surface area contributed by atoms with Gasteiger partial charge in [-0.3, -0.25) is 4.79 Å². The summed E-state index contributed by atoms with van der Waals surface area (Å²) in [7, 11) is 1.84. The minimum Gasteiger partial charge on any atom is -0.337 e. The Hall–Kier alpha value is -1.33. The van der Waals surface area contributed by atoms with Gasteiger partial charge in [-0.05, 0) is 37.8 Å². The van der Waals surface area contributed by atoms with Crippen LogP contribution in [0.5, 0.6) is 0 Å². The number of nitrogens with zero attached hydrogens (tertiary/aromatic N) is 2. The Morgan fingerprint density at radius 3 is 2.75 bits per heavy atom. The lowest BCUT2D eigenvalue weighted by molar-refractivity contribution is 0.0789. The SMILES string of the molecule is CSc1cccc(CN(C)C(=O)c2sc(C)nc2C)c1. The van der Waals surface area contributed by atoms with Gasteiger partial charge >= 0.3 is 0 Å². The molecule has 0 N–H and O–H groups in total. The number of carbonyl (C=O) groups is 1. The molecule has 0 fully saturated rings. The van der Waals surface area contributed by atoms with Crippen LogP contribution in [-0.2, 0) is 6.54 Å². The Kier molecular flexibility index (Phi) is 4.83. The van der Waals surface area contributed by atoms with E-state index in [4.69, 9.17) is 0 Å². The third kappa shape index (κ3) is 3.41. The predicted octanol–water partition coefficient (Wildman–Crippen LogP) is 3.75. The maximum atomic E-state index is 12.4. The zero-order chi connectivity index (χ0) is 14.7. The second kappa shape index (κ2) is 6.41. The predicted molar refractivity (Wildman–Crippen MR) is 85.6 cm³/mol. The summed E-state index contributed by atoms with van der Waals surface area (Å²) in [5.74, 6) is 0.0441. The molecule has 1 aromatic heterocycles. The van der Waals surface area contributed by atoms with Crippen LogP contribution in [0.25, 0.3) is 0 Å². The van der Waals surface area contributed by atoms with Crippen molar-refractivity contribution in [1.29, 1.82) is 0 Å². The molecule has 0 aliphatic rings. The minimum atomic E-state index is 0.0441. The average Bonchev–Trinajstić information content (AvgIpc) is 2.77. The van der Waals surface area contributed by atoms with Crippen LogP contribution in [-0.4, -0.2) is 29.1 Å². The molecule has 0 saturated heterocycles. The van der Waals surface area contributed by atoms with E-state index < -0.39 is 0 Å². The summed E-state index contributed by atoms with van der Waals surface area (Å²) in [5, 5.41) is 0.934. The fraction of sp³-hybridized carbons (Fsp3) is 0.333. The number of hydrogen-bond donors (Lipinski definition) is 0. The lowest BCUT2D eigenvalue weighted by Crippen LogP contribution is -2.26. The molecule has 3 nitrogen and oxygen atoms in total. The Balaban J connectivity index is 2.13. The molecule has 0 bridgehead atoms. The minimum absolute atomic E-state index is 0.0441. The van der Waals surface area contributed by atoms with Crippen LogP contribution in [0, 0.1) is 13.8 Å². The molecule has 0 radical (unpaired) electrons. The Morgan fingerprint density at radius 2 is 2.15 bits per heavy atom. The normalized spacial score (nSPS) is 10.6. The van der Waals surface area contributed by atoms with Crippen molar-refractivity contribution in [1.82, 2.24) is 9.88 Å². The topological polar surface area (TPSA) is 33.2 Å². The standard InChI is InChI=1S/C15H18N2OS2/c1-10-14(20-11(2)16-10)15(18)17(3)9-12-6-5-7-13(8-12)19-4/h5-8H,9H2,1-4H3. The molecule has 1 aromatic carbocycles. The van der Waals surface area contributed by atoms with E-state index in [1.165, 1.54) is 16.2 Å². The lowest BCUT2D eigenvalue weighted by atomic mass is 10.2. The van der Waals surface area contributed by atoms with Crippen LogP contribution in [0.3, 0.4) is 0 Å². The summed E-state index contributed by atoms with van der Waals surface area (Å²) in [6, 6.07) is 8.28. The van der Waals surface area contributed by atoms with Gasteiger partial charge in [-0.25, -0.2) is 4.98 Å². The van der Waals surface area contributed by atoms with Gasteiger partial charge in [0.25, 0.3) is 5.91 Å². The van der Waals surface area contributed by atoms with E-state index >= 15 is 0 Å². The fourth-order valence-electron chi connectivity index (χ4n) is 2.02. The van der Waals surface area contributed by atoms with Crippen LogP contribution in [0.2, 0.25) is 0 Å². The van der Waals surface area contributed by atoms with Gasteiger partial charge in [-0.1, -0.05) is 12.1 Å². The number of thiazole rings is 1. The molecule has 0 aliphatic carbocycles.